The predicted molar refractivity (Wildman–Crippen MR) is 80.2 cm³/mol. The second kappa shape index (κ2) is 7.05. The van der Waals surface area contributed by atoms with Gasteiger partial charge in [-0.3, -0.25) is 4.79 Å². The van der Waals surface area contributed by atoms with Crippen LogP contribution in [0.4, 0.5) is 0 Å². The first kappa shape index (κ1) is 16.2. The minimum absolute atomic E-state index is 0.128. The van der Waals surface area contributed by atoms with E-state index in [-0.39, 0.29) is 5.92 Å². The van der Waals surface area contributed by atoms with Gasteiger partial charge in [-0.15, -0.1) is 0 Å². The molecule has 104 valence electrons. The molecule has 4 nitrogen and oxygen atoms in total. The number of carboxylic acids is 1. The average Bonchev–Trinajstić information content (AvgIpc) is 2.33. The summed E-state index contributed by atoms with van der Waals surface area (Å²) in [6.45, 7) is 3.69. The van der Waals surface area contributed by atoms with E-state index in [4.69, 9.17) is 5.11 Å². The standard InChI is InChI=1S/C13H15Br2NO3/c1-3-7(2)11(13(18)19)16-12(17)8-4-9(14)6-10(15)5-8/h4-7,11H,3H2,1-2H3,(H,16,17)(H,18,19). The Balaban J connectivity index is 2.90. The van der Waals surface area contributed by atoms with Crippen LogP contribution in [-0.4, -0.2) is 23.0 Å². The highest BCUT2D eigenvalue weighted by Crippen LogP contribution is 2.20. The molecule has 1 aromatic rings. The highest BCUT2D eigenvalue weighted by atomic mass is 79.9. The molecule has 0 aromatic heterocycles. The van der Waals surface area contributed by atoms with Crippen molar-refractivity contribution in [1.82, 2.24) is 5.32 Å². The van der Waals surface area contributed by atoms with Gasteiger partial charge in [-0.05, 0) is 24.1 Å². The fourth-order valence-electron chi connectivity index (χ4n) is 1.59. The van der Waals surface area contributed by atoms with Crippen molar-refractivity contribution in [2.24, 2.45) is 5.92 Å². The Labute approximate surface area is 128 Å². The molecule has 0 heterocycles. The first-order valence-electron chi connectivity index (χ1n) is 5.85. The SMILES string of the molecule is CCC(C)C(NC(=O)c1cc(Br)cc(Br)c1)C(=O)O. The zero-order chi connectivity index (χ0) is 14.6. The zero-order valence-electron chi connectivity index (χ0n) is 10.6. The van der Waals surface area contributed by atoms with Crippen LogP contribution in [0.15, 0.2) is 27.1 Å². The Hall–Kier alpha value is -0.880. The second-order valence-corrected chi connectivity index (χ2v) is 6.16. The van der Waals surface area contributed by atoms with Gasteiger partial charge in [0.1, 0.15) is 6.04 Å². The van der Waals surface area contributed by atoms with Gasteiger partial charge in [-0.1, -0.05) is 52.1 Å². The largest absolute Gasteiger partial charge is 0.480 e. The fraction of sp³-hybridized carbons (Fsp3) is 0.385. The normalized spacial score (nSPS) is 13.7. The number of nitrogens with one attached hydrogen (secondary N) is 1. The number of carboxylic acid groups (broad SMARTS) is 1. The van der Waals surface area contributed by atoms with Crippen molar-refractivity contribution in [3.05, 3.63) is 32.7 Å². The number of amides is 1. The van der Waals surface area contributed by atoms with E-state index in [1.54, 1.807) is 25.1 Å². The molecule has 0 aliphatic heterocycles. The van der Waals surface area contributed by atoms with Crippen LogP contribution in [0.2, 0.25) is 0 Å². The minimum Gasteiger partial charge on any atom is -0.480 e. The van der Waals surface area contributed by atoms with Crippen molar-refractivity contribution in [3.63, 3.8) is 0 Å². The van der Waals surface area contributed by atoms with Crippen molar-refractivity contribution in [3.8, 4) is 0 Å². The number of benzene rings is 1. The third kappa shape index (κ3) is 4.62. The van der Waals surface area contributed by atoms with Gasteiger partial charge in [-0.2, -0.15) is 0 Å². The van der Waals surface area contributed by atoms with Crippen molar-refractivity contribution in [1.29, 1.82) is 0 Å². The molecule has 0 saturated carbocycles. The number of hydrogen-bond donors (Lipinski definition) is 2. The van der Waals surface area contributed by atoms with Gasteiger partial charge in [0, 0.05) is 14.5 Å². The van der Waals surface area contributed by atoms with Crippen LogP contribution in [0.3, 0.4) is 0 Å². The average molecular weight is 393 g/mol. The molecule has 0 aliphatic rings. The molecule has 2 atom stereocenters. The smallest absolute Gasteiger partial charge is 0.326 e. The molecular weight excluding hydrogens is 378 g/mol. The van der Waals surface area contributed by atoms with Gasteiger partial charge in [-0.25, -0.2) is 4.79 Å². The monoisotopic (exact) mass is 391 g/mol. The molecule has 0 saturated heterocycles. The van der Waals surface area contributed by atoms with Crippen LogP contribution in [0.1, 0.15) is 30.6 Å². The van der Waals surface area contributed by atoms with Gasteiger partial charge in [0.15, 0.2) is 0 Å². The lowest BCUT2D eigenvalue weighted by Crippen LogP contribution is -2.45. The van der Waals surface area contributed by atoms with Gasteiger partial charge in [0.2, 0.25) is 0 Å². The Morgan fingerprint density at radius 2 is 1.79 bits per heavy atom. The van der Waals surface area contributed by atoms with Crippen LogP contribution in [-0.2, 0) is 4.79 Å². The van der Waals surface area contributed by atoms with E-state index in [1.165, 1.54) is 0 Å². The second-order valence-electron chi connectivity index (χ2n) is 4.33. The summed E-state index contributed by atoms with van der Waals surface area (Å²) in [5, 5.41) is 11.7. The maximum Gasteiger partial charge on any atom is 0.326 e. The molecule has 0 radical (unpaired) electrons. The quantitative estimate of drug-likeness (QED) is 0.806. The van der Waals surface area contributed by atoms with Gasteiger partial charge in [0.25, 0.3) is 5.91 Å². The lowest BCUT2D eigenvalue weighted by Gasteiger charge is -2.20. The van der Waals surface area contributed by atoms with Crippen LogP contribution < -0.4 is 5.32 Å². The summed E-state index contributed by atoms with van der Waals surface area (Å²) in [5.41, 5.74) is 0.413. The summed E-state index contributed by atoms with van der Waals surface area (Å²) in [6.07, 6.45) is 0.680. The van der Waals surface area contributed by atoms with E-state index >= 15 is 0 Å². The molecule has 6 heteroatoms. The predicted octanol–water partition coefficient (Wildman–Crippen LogP) is 3.44. The maximum absolute atomic E-state index is 12.1. The van der Waals surface area contributed by atoms with Gasteiger partial charge in [0.05, 0.1) is 0 Å². The Bertz CT molecular complexity index is 471. The van der Waals surface area contributed by atoms with Gasteiger partial charge >= 0.3 is 5.97 Å². The molecule has 0 spiro atoms. The molecule has 0 fully saturated rings. The third-order valence-electron chi connectivity index (χ3n) is 2.89. The van der Waals surface area contributed by atoms with Crippen LogP contribution >= 0.6 is 31.9 Å². The summed E-state index contributed by atoms with van der Waals surface area (Å²) in [7, 11) is 0. The summed E-state index contributed by atoms with van der Waals surface area (Å²) in [5.74, 6) is -1.54. The van der Waals surface area contributed by atoms with E-state index in [1.807, 2.05) is 6.92 Å². The molecule has 1 rings (SSSR count). The van der Waals surface area contributed by atoms with Crippen molar-refractivity contribution in [2.45, 2.75) is 26.3 Å². The highest BCUT2D eigenvalue weighted by molar-refractivity contribution is 9.11. The van der Waals surface area contributed by atoms with E-state index in [9.17, 15) is 9.59 Å². The molecule has 2 N–H and O–H groups in total. The van der Waals surface area contributed by atoms with E-state index < -0.39 is 17.9 Å². The molecule has 1 aromatic carbocycles. The Morgan fingerprint density at radius 3 is 2.21 bits per heavy atom. The molecule has 2 unspecified atom stereocenters. The summed E-state index contributed by atoms with van der Waals surface area (Å²) < 4.78 is 1.50. The highest BCUT2D eigenvalue weighted by Gasteiger charge is 2.25. The first-order chi connectivity index (χ1) is 8.85. The lowest BCUT2D eigenvalue weighted by atomic mass is 9.99. The number of carbonyl (C=O) groups excluding carboxylic acids is 1. The van der Waals surface area contributed by atoms with Crippen molar-refractivity contribution >= 4 is 43.7 Å². The number of aliphatic carboxylic acids is 1. The molecule has 0 aliphatic carbocycles. The summed E-state index contributed by atoms with van der Waals surface area (Å²) in [6, 6.07) is 4.22. The molecule has 0 bridgehead atoms. The van der Waals surface area contributed by atoms with Crippen LogP contribution in [0.5, 0.6) is 0 Å². The fourth-order valence-corrected chi connectivity index (χ4v) is 2.89. The first-order valence-corrected chi connectivity index (χ1v) is 7.43. The third-order valence-corrected chi connectivity index (χ3v) is 3.81. The lowest BCUT2D eigenvalue weighted by molar-refractivity contribution is -0.140. The summed E-state index contributed by atoms with van der Waals surface area (Å²) >= 11 is 6.59. The number of hydrogen-bond acceptors (Lipinski definition) is 2. The maximum atomic E-state index is 12.1. The van der Waals surface area contributed by atoms with Crippen molar-refractivity contribution in [2.75, 3.05) is 0 Å². The molecular formula is C13H15Br2NO3. The number of carbonyl (C=O) groups is 2. The summed E-state index contributed by atoms with van der Waals surface area (Å²) in [4.78, 5) is 23.2. The zero-order valence-corrected chi connectivity index (χ0v) is 13.8. The van der Waals surface area contributed by atoms with Crippen LogP contribution in [0.25, 0.3) is 0 Å². The van der Waals surface area contributed by atoms with Gasteiger partial charge < -0.3 is 10.4 Å². The number of halogens is 2. The Kier molecular flexibility index (Phi) is 6.00. The van der Waals surface area contributed by atoms with E-state index in [2.05, 4.69) is 37.2 Å². The molecule has 1 amide bonds. The Morgan fingerprint density at radius 1 is 1.26 bits per heavy atom. The number of rotatable bonds is 5. The minimum atomic E-state index is -1.02. The van der Waals surface area contributed by atoms with Crippen molar-refractivity contribution < 1.29 is 14.7 Å². The van der Waals surface area contributed by atoms with E-state index in [0.29, 0.717) is 12.0 Å². The van der Waals surface area contributed by atoms with Crippen LogP contribution in [0, 0.1) is 5.92 Å². The topological polar surface area (TPSA) is 66.4 Å². The molecule has 19 heavy (non-hydrogen) atoms. The van der Waals surface area contributed by atoms with E-state index in [0.717, 1.165) is 8.95 Å².